The van der Waals surface area contributed by atoms with E-state index >= 15 is 0 Å². The van der Waals surface area contributed by atoms with E-state index in [-0.39, 0.29) is 0 Å². The van der Waals surface area contributed by atoms with Gasteiger partial charge in [0.15, 0.2) is 5.13 Å². The van der Waals surface area contributed by atoms with Gasteiger partial charge in [-0.05, 0) is 58.3 Å². The summed E-state index contributed by atoms with van der Waals surface area (Å²) in [7, 11) is 6.39. The first-order valence-electron chi connectivity index (χ1n) is 6.53. The highest BCUT2D eigenvalue weighted by Crippen LogP contribution is 2.24. The SMILES string of the molecule is CN(C)CCCN(C)Cc1ccc2nc(N)sc2c1. The number of nitrogens with zero attached hydrogens (tertiary/aromatic N) is 3. The molecule has 0 spiro atoms. The molecule has 2 N–H and O–H groups in total. The highest BCUT2D eigenvalue weighted by atomic mass is 32.1. The molecule has 0 unspecified atom stereocenters. The molecule has 104 valence electrons. The zero-order chi connectivity index (χ0) is 13.8. The van der Waals surface area contributed by atoms with Crippen molar-refractivity contribution >= 4 is 26.7 Å². The molecule has 5 heteroatoms. The normalized spacial score (nSPS) is 11.8. The summed E-state index contributed by atoms with van der Waals surface area (Å²) in [6.07, 6.45) is 1.19. The third-order valence-electron chi connectivity index (χ3n) is 3.07. The number of thiazole rings is 1. The quantitative estimate of drug-likeness (QED) is 0.880. The van der Waals surface area contributed by atoms with Gasteiger partial charge in [0, 0.05) is 6.54 Å². The Morgan fingerprint density at radius 1 is 1.21 bits per heavy atom. The summed E-state index contributed by atoms with van der Waals surface area (Å²) < 4.78 is 1.18. The first-order chi connectivity index (χ1) is 9.04. The van der Waals surface area contributed by atoms with Crippen LogP contribution in [0.2, 0.25) is 0 Å². The molecule has 0 amide bonds. The zero-order valence-corrected chi connectivity index (χ0v) is 12.7. The predicted molar refractivity (Wildman–Crippen MR) is 83.5 cm³/mol. The van der Waals surface area contributed by atoms with E-state index in [9.17, 15) is 0 Å². The maximum absolute atomic E-state index is 5.73. The molecular weight excluding hydrogens is 256 g/mol. The van der Waals surface area contributed by atoms with Gasteiger partial charge in [0.25, 0.3) is 0 Å². The molecule has 0 aliphatic rings. The van der Waals surface area contributed by atoms with Crippen molar-refractivity contribution in [1.82, 2.24) is 14.8 Å². The lowest BCUT2D eigenvalue weighted by Gasteiger charge is -2.18. The van der Waals surface area contributed by atoms with Gasteiger partial charge in [0.2, 0.25) is 0 Å². The third-order valence-corrected chi connectivity index (χ3v) is 3.91. The van der Waals surface area contributed by atoms with E-state index < -0.39 is 0 Å². The second-order valence-electron chi connectivity index (χ2n) is 5.25. The minimum absolute atomic E-state index is 0.645. The van der Waals surface area contributed by atoms with Crippen LogP contribution in [0.15, 0.2) is 18.2 Å². The Labute approximate surface area is 118 Å². The van der Waals surface area contributed by atoms with E-state index in [1.807, 2.05) is 0 Å². The molecule has 0 bridgehead atoms. The number of rotatable bonds is 6. The van der Waals surface area contributed by atoms with Crippen LogP contribution in [0.4, 0.5) is 5.13 Å². The topological polar surface area (TPSA) is 45.4 Å². The van der Waals surface area contributed by atoms with Crippen LogP contribution in [0.1, 0.15) is 12.0 Å². The lowest BCUT2D eigenvalue weighted by atomic mass is 10.2. The van der Waals surface area contributed by atoms with Crippen LogP contribution < -0.4 is 5.73 Å². The van der Waals surface area contributed by atoms with Crippen molar-refractivity contribution in [2.24, 2.45) is 0 Å². The van der Waals surface area contributed by atoms with E-state index in [0.717, 1.165) is 25.2 Å². The molecule has 0 radical (unpaired) electrons. The average Bonchev–Trinajstić information content (AvgIpc) is 2.67. The van der Waals surface area contributed by atoms with E-state index in [1.54, 1.807) is 11.3 Å². The van der Waals surface area contributed by atoms with Crippen LogP contribution in [-0.2, 0) is 6.54 Å². The van der Waals surface area contributed by atoms with Crippen molar-refractivity contribution < 1.29 is 0 Å². The Kier molecular flexibility index (Phi) is 4.74. The Hall–Kier alpha value is -1.17. The van der Waals surface area contributed by atoms with Crippen molar-refractivity contribution in [3.05, 3.63) is 23.8 Å². The van der Waals surface area contributed by atoms with Crippen molar-refractivity contribution in [2.45, 2.75) is 13.0 Å². The number of benzene rings is 1. The Morgan fingerprint density at radius 2 is 2.00 bits per heavy atom. The lowest BCUT2D eigenvalue weighted by Crippen LogP contribution is -2.23. The van der Waals surface area contributed by atoms with Gasteiger partial charge in [0.1, 0.15) is 0 Å². The third kappa shape index (κ3) is 4.16. The molecule has 0 aliphatic carbocycles. The molecule has 4 nitrogen and oxygen atoms in total. The molecule has 0 saturated carbocycles. The number of hydrogen-bond acceptors (Lipinski definition) is 5. The fourth-order valence-electron chi connectivity index (χ4n) is 2.13. The van der Waals surface area contributed by atoms with E-state index in [4.69, 9.17) is 5.73 Å². The van der Waals surface area contributed by atoms with Crippen molar-refractivity contribution in [2.75, 3.05) is 40.0 Å². The Balaban J connectivity index is 1.92. The van der Waals surface area contributed by atoms with Crippen LogP contribution in [0, 0.1) is 0 Å². The fraction of sp³-hybridized carbons (Fsp3) is 0.500. The summed E-state index contributed by atoms with van der Waals surface area (Å²) in [5.41, 5.74) is 8.05. The number of fused-ring (bicyclic) bond motifs is 1. The highest BCUT2D eigenvalue weighted by Gasteiger charge is 2.05. The van der Waals surface area contributed by atoms with Crippen molar-refractivity contribution in [3.63, 3.8) is 0 Å². The molecule has 19 heavy (non-hydrogen) atoms. The van der Waals surface area contributed by atoms with Gasteiger partial charge in [-0.3, -0.25) is 0 Å². The number of hydrogen-bond donors (Lipinski definition) is 1. The second kappa shape index (κ2) is 6.32. The number of aromatic nitrogens is 1. The zero-order valence-electron chi connectivity index (χ0n) is 11.9. The molecule has 0 fully saturated rings. The van der Waals surface area contributed by atoms with E-state index in [1.165, 1.54) is 16.7 Å². The Bertz CT molecular complexity index is 535. The first kappa shape index (κ1) is 14.2. The van der Waals surface area contributed by atoms with Crippen molar-refractivity contribution in [1.29, 1.82) is 0 Å². The monoisotopic (exact) mass is 278 g/mol. The molecule has 1 heterocycles. The predicted octanol–water partition coefficient (Wildman–Crippen LogP) is 2.26. The molecular formula is C14H22N4S. The van der Waals surface area contributed by atoms with Gasteiger partial charge < -0.3 is 15.5 Å². The molecule has 0 atom stereocenters. The van der Waals surface area contributed by atoms with Gasteiger partial charge in [-0.2, -0.15) is 0 Å². The summed E-state index contributed by atoms with van der Waals surface area (Å²) in [5, 5.41) is 0.645. The minimum Gasteiger partial charge on any atom is -0.375 e. The van der Waals surface area contributed by atoms with E-state index in [0.29, 0.717) is 5.13 Å². The molecule has 1 aromatic carbocycles. The Morgan fingerprint density at radius 3 is 2.74 bits per heavy atom. The van der Waals surface area contributed by atoms with Gasteiger partial charge in [-0.15, -0.1) is 0 Å². The summed E-state index contributed by atoms with van der Waals surface area (Å²) in [5.74, 6) is 0. The van der Waals surface area contributed by atoms with Crippen LogP contribution in [0.5, 0.6) is 0 Å². The highest BCUT2D eigenvalue weighted by molar-refractivity contribution is 7.22. The van der Waals surface area contributed by atoms with Gasteiger partial charge in [0.05, 0.1) is 10.2 Å². The summed E-state index contributed by atoms with van der Waals surface area (Å²) in [6.45, 7) is 3.22. The first-order valence-corrected chi connectivity index (χ1v) is 7.34. The standard InChI is InChI=1S/C14H22N4S/c1-17(2)7-4-8-18(3)10-11-5-6-12-13(9-11)19-14(15)16-12/h5-6,9H,4,7-8,10H2,1-3H3,(H2,15,16). The van der Waals surface area contributed by atoms with Crippen LogP contribution >= 0.6 is 11.3 Å². The van der Waals surface area contributed by atoms with Gasteiger partial charge in [-0.25, -0.2) is 4.98 Å². The summed E-state index contributed by atoms with van der Waals surface area (Å²) >= 11 is 1.56. The van der Waals surface area contributed by atoms with Gasteiger partial charge >= 0.3 is 0 Å². The summed E-state index contributed by atoms with van der Waals surface area (Å²) in [4.78, 5) is 8.86. The van der Waals surface area contributed by atoms with Crippen molar-refractivity contribution in [3.8, 4) is 0 Å². The molecule has 2 rings (SSSR count). The maximum atomic E-state index is 5.73. The molecule has 0 saturated heterocycles. The van der Waals surface area contributed by atoms with E-state index in [2.05, 4.69) is 54.1 Å². The van der Waals surface area contributed by atoms with Crippen LogP contribution in [0.3, 0.4) is 0 Å². The molecule has 0 aliphatic heterocycles. The summed E-state index contributed by atoms with van der Waals surface area (Å²) in [6, 6.07) is 6.40. The number of anilines is 1. The lowest BCUT2D eigenvalue weighted by molar-refractivity contribution is 0.295. The second-order valence-corrected chi connectivity index (χ2v) is 6.31. The fourth-order valence-corrected chi connectivity index (χ4v) is 2.93. The minimum atomic E-state index is 0.645. The smallest absolute Gasteiger partial charge is 0.181 e. The number of nitrogen functional groups attached to an aromatic ring is 1. The van der Waals surface area contributed by atoms with Crippen LogP contribution in [0.25, 0.3) is 10.2 Å². The van der Waals surface area contributed by atoms with Gasteiger partial charge in [-0.1, -0.05) is 17.4 Å². The number of nitrogens with two attached hydrogens (primary N) is 1. The maximum Gasteiger partial charge on any atom is 0.181 e. The molecule has 2 aromatic rings. The largest absolute Gasteiger partial charge is 0.375 e. The average molecular weight is 278 g/mol. The van der Waals surface area contributed by atoms with Crippen LogP contribution in [-0.4, -0.2) is 49.0 Å². The molecule has 1 aromatic heterocycles.